The third-order valence-electron chi connectivity index (χ3n) is 2.10. The van der Waals surface area contributed by atoms with E-state index in [-0.39, 0.29) is 5.95 Å². The van der Waals surface area contributed by atoms with E-state index >= 15 is 0 Å². The molecule has 4 N–H and O–H groups in total. The van der Waals surface area contributed by atoms with Gasteiger partial charge in [0.05, 0.1) is 5.60 Å². The van der Waals surface area contributed by atoms with Crippen LogP contribution in [0.15, 0.2) is 0 Å². The quantitative estimate of drug-likeness (QED) is 0.684. The van der Waals surface area contributed by atoms with Crippen LogP contribution in [-0.2, 0) is 6.42 Å². The molecule has 0 saturated heterocycles. The Balaban J connectivity index is 2.65. The summed E-state index contributed by atoms with van der Waals surface area (Å²) < 4.78 is 0. The van der Waals surface area contributed by atoms with Crippen molar-refractivity contribution in [1.82, 2.24) is 15.0 Å². The zero-order chi connectivity index (χ0) is 12.9. The molecule has 0 bridgehead atoms. The van der Waals surface area contributed by atoms with Gasteiger partial charge in [0.1, 0.15) is 5.82 Å². The second-order valence-corrected chi connectivity index (χ2v) is 4.94. The van der Waals surface area contributed by atoms with Gasteiger partial charge in [0.15, 0.2) is 0 Å². The first-order valence-electron chi connectivity index (χ1n) is 5.42. The molecule has 0 spiro atoms. The lowest BCUT2D eigenvalue weighted by molar-refractivity contribution is 0.0995. The van der Waals surface area contributed by atoms with Gasteiger partial charge in [0, 0.05) is 18.7 Å². The van der Waals surface area contributed by atoms with Crippen molar-refractivity contribution in [2.75, 3.05) is 29.6 Å². The minimum Gasteiger partial charge on any atom is -0.387 e. The maximum atomic E-state index is 9.99. The van der Waals surface area contributed by atoms with Crippen LogP contribution >= 0.6 is 11.8 Å². The molecule has 0 aliphatic heterocycles. The van der Waals surface area contributed by atoms with Crippen LogP contribution in [0.1, 0.15) is 19.7 Å². The minimum absolute atomic E-state index is 0.198. The van der Waals surface area contributed by atoms with E-state index in [0.29, 0.717) is 30.5 Å². The summed E-state index contributed by atoms with van der Waals surface area (Å²) in [5.41, 5.74) is 4.77. The van der Waals surface area contributed by atoms with Crippen LogP contribution in [0.5, 0.6) is 0 Å². The van der Waals surface area contributed by atoms with Crippen LogP contribution in [0, 0.1) is 0 Å². The van der Waals surface area contributed by atoms with Crippen molar-refractivity contribution in [3.63, 3.8) is 0 Å². The maximum absolute atomic E-state index is 9.99. The molecule has 7 heteroatoms. The summed E-state index contributed by atoms with van der Waals surface area (Å²) in [4.78, 5) is 12.1. The molecule has 1 aromatic heterocycles. The number of aromatic nitrogens is 3. The molecule has 0 aliphatic carbocycles. The largest absolute Gasteiger partial charge is 0.387 e. The molecule has 0 amide bonds. The number of nitrogens with two attached hydrogens (primary N) is 1. The molecular weight excluding hydrogens is 238 g/mol. The number of nitrogens with zero attached hydrogens (tertiary/aromatic N) is 3. The van der Waals surface area contributed by atoms with Crippen LogP contribution in [0.4, 0.5) is 11.9 Å². The average molecular weight is 257 g/mol. The second-order valence-electron chi connectivity index (χ2n) is 4.07. The van der Waals surface area contributed by atoms with Gasteiger partial charge in [-0.3, -0.25) is 0 Å². The van der Waals surface area contributed by atoms with E-state index in [1.807, 2.05) is 13.2 Å². The average Bonchev–Trinajstić information content (AvgIpc) is 2.26. The van der Waals surface area contributed by atoms with Gasteiger partial charge in [-0.15, -0.1) is 0 Å². The van der Waals surface area contributed by atoms with Crippen molar-refractivity contribution < 1.29 is 5.11 Å². The summed E-state index contributed by atoms with van der Waals surface area (Å²) in [6, 6.07) is 0. The number of hydrogen-bond acceptors (Lipinski definition) is 7. The highest BCUT2D eigenvalue weighted by molar-refractivity contribution is 7.98. The molecule has 0 fully saturated rings. The maximum Gasteiger partial charge on any atom is 0.227 e. The van der Waals surface area contributed by atoms with Gasteiger partial charge in [-0.2, -0.15) is 26.7 Å². The molecule has 1 rings (SSSR count). The minimum atomic E-state index is -0.798. The Morgan fingerprint density at radius 3 is 2.71 bits per heavy atom. The van der Waals surface area contributed by atoms with E-state index in [1.165, 1.54) is 0 Å². The smallest absolute Gasteiger partial charge is 0.227 e. The number of aryl methyl sites for hydroxylation is 1. The molecule has 1 atom stereocenters. The van der Waals surface area contributed by atoms with E-state index in [9.17, 15) is 5.11 Å². The van der Waals surface area contributed by atoms with Crippen molar-refractivity contribution in [2.24, 2.45) is 0 Å². The van der Waals surface area contributed by atoms with Gasteiger partial charge >= 0.3 is 0 Å². The van der Waals surface area contributed by atoms with Crippen LogP contribution < -0.4 is 11.1 Å². The highest BCUT2D eigenvalue weighted by Crippen LogP contribution is 2.11. The van der Waals surface area contributed by atoms with Crippen LogP contribution in [0.25, 0.3) is 0 Å². The van der Waals surface area contributed by atoms with Crippen molar-refractivity contribution in [2.45, 2.75) is 25.9 Å². The van der Waals surface area contributed by atoms with E-state index in [0.717, 1.165) is 0 Å². The predicted molar refractivity (Wildman–Crippen MR) is 71.1 cm³/mol. The highest BCUT2D eigenvalue weighted by atomic mass is 32.2. The highest BCUT2D eigenvalue weighted by Gasteiger charge is 2.19. The van der Waals surface area contributed by atoms with Gasteiger partial charge in [0.25, 0.3) is 0 Å². The predicted octanol–water partition coefficient (Wildman–Crippen LogP) is 0.542. The van der Waals surface area contributed by atoms with Gasteiger partial charge in [0.2, 0.25) is 11.9 Å². The first-order valence-corrected chi connectivity index (χ1v) is 6.82. The lowest BCUT2D eigenvalue weighted by atomic mass is 10.1. The zero-order valence-electron chi connectivity index (χ0n) is 10.4. The molecular formula is C10H19N5OS. The Hall–Kier alpha value is -1.08. The van der Waals surface area contributed by atoms with Crippen molar-refractivity contribution in [3.8, 4) is 0 Å². The molecule has 0 aliphatic rings. The number of thioether (sulfide) groups is 1. The molecule has 1 unspecified atom stereocenters. The van der Waals surface area contributed by atoms with Crippen LogP contribution in [-0.4, -0.2) is 44.2 Å². The molecule has 0 radical (unpaired) electrons. The lowest BCUT2D eigenvalue weighted by Crippen LogP contribution is -2.36. The monoisotopic (exact) mass is 257 g/mol. The Bertz CT molecular complexity index is 372. The molecule has 96 valence electrons. The summed E-state index contributed by atoms with van der Waals surface area (Å²) in [6.07, 6.45) is 2.65. The number of nitrogens with one attached hydrogen (secondary N) is 1. The van der Waals surface area contributed by atoms with E-state index in [1.54, 1.807) is 18.7 Å². The third kappa shape index (κ3) is 4.74. The Morgan fingerprint density at radius 1 is 1.41 bits per heavy atom. The van der Waals surface area contributed by atoms with Crippen molar-refractivity contribution in [3.05, 3.63) is 5.82 Å². The summed E-state index contributed by atoms with van der Waals surface area (Å²) in [7, 11) is 0. The number of aliphatic hydroxyl groups is 1. The molecule has 17 heavy (non-hydrogen) atoms. The molecule has 1 heterocycles. The normalized spacial score (nSPS) is 14.4. The Morgan fingerprint density at radius 2 is 2.12 bits per heavy atom. The van der Waals surface area contributed by atoms with Crippen molar-refractivity contribution >= 4 is 23.7 Å². The van der Waals surface area contributed by atoms with Gasteiger partial charge in [-0.25, -0.2) is 0 Å². The van der Waals surface area contributed by atoms with Crippen LogP contribution in [0.3, 0.4) is 0 Å². The first-order chi connectivity index (χ1) is 7.96. The van der Waals surface area contributed by atoms with E-state index in [2.05, 4.69) is 20.3 Å². The fraction of sp³-hybridized carbons (Fsp3) is 0.700. The SMILES string of the molecule is CCc1nc(N)nc(NCC(C)(O)CSC)n1. The van der Waals surface area contributed by atoms with Gasteiger partial charge in [-0.1, -0.05) is 6.92 Å². The summed E-state index contributed by atoms with van der Waals surface area (Å²) >= 11 is 1.59. The number of nitrogen functional groups attached to an aromatic ring is 1. The fourth-order valence-electron chi connectivity index (χ4n) is 1.31. The van der Waals surface area contributed by atoms with E-state index in [4.69, 9.17) is 5.73 Å². The zero-order valence-corrected chi connectivity index (χ0v) is 11.2. The molecule has 0 aromatic carbocycles. The number of rotatable bonds is 6. The van der Waals surface area contributed by atoms with Crippen molar-refractivity contribution in [1.29, 1.82) is 0 Å². The number of anilines is 2. The summed E-state index contributed by atoms with van der Waals surface area (Å²) in [5, 5.41) is 13.0. The number of hydrogen-bond donors (Lipinski definition) is 3. The topological polar surface area (TPSA) is 97.0 Å². The van der Waals surface area contributed by atoms with Gasteiger partial charge < -0.3 is 16.2 Å². The second kappa shape index (κ2) is 6.02. The summed E-state index contributed by atoms with van der Waals surface area (Å²) in [5.74, 6) is 1.89. The standard InChI is InChI=1S/C10H19N5OS/c1-4-7-13-8(11)15-9(14-7)12-5-10(2,16)6-17-3/h16H,4-6H2,1-3H3,(H3,11,12,13,14,15). The van der Waals surface area contributed by atoms with Gasteiger partial charge in [-0.05, 0) is 13.2 Å². The Labute approximate surface area is 105 Å². The lowest BCUT2D eigenvalue weighted by Gasteiger charge is -2.22. The Kier molecular flexibility index (Phi) is 4.95. The van der Waals surface area contributed by atoms with Crippen LogP contribution in [0.2, 0.25) is 0 Å². The summed E-state index contributed by atoms with van der Waals surface area (Å²) in [6.45, 7) is 4.09. The molecule has 0 saturated carbocycles. The first kappa shape index (κ1) is 14.0. The molecule has 1 aromatic rings. The van der Waals surface area contributed by atoms with E-state index < -0.39 is 5.60 Å². The fourth-order valence-corrected chi connectivity index (χ4v) is 2.03. The third-order valence-corrected chi connectivity index (χ3v) is 3.01. The molecule has 6 nitrogen and oxygen atoms in total.